The maximum Gasteiger partial charge on any atom is 0.337 e. The summed E-state index contributed by atoms with van der Waals surface area (Å²) in [5, 5.41) is 12.4. The highest BCUT2D eigenvalue weighted by Gasteiger charge is 2.26. The van der Waals surface area contributed by atoms with Crippen LogP contribution in [-0.4, -0.2) is 30.1 Å². The normalized spacial score (nSPS) is 16.2. The standard InChI is InChI=1S/C23H28N2O3/c1-3-4-9-22(26)24-21-11-10-18(14-20(21)23(27)28)25-13-12-17(15-25)19-8-6-5-7-16(19)2/h5-8,10-11,14,17H,3-4,9,12-13,15H2,1-2H3,(H,24,26)(H,27,28). The van der Waals surface area contributed by atoms with Crippen molar-refractivity contribution in [2.75, 3.05) is 23.3 Å². The third-order valence-corrected chi connectivity index (χ3v) is 5.45. The summed E-state index contributed by atoms with van der Waals surface area (Å²) in [6.45, 7) is 5.91. The van der Waals surface area contributed by atoms with Crippen molar-refractivity contribution in [3.05, 3.63) is 59.2 Å². The molecule has 2 aromatic rings. The van der Waals surface area contributed by atoms with E-state index in [1.807, 2.05) is 13.0 Å². The fourth-order valence-electron chi connectivity index (χ4n) is 3.86. The number of hydrogen-bond acceptors (Lipinski definition) is 3. The third kappa shape index (κ3) is 4.53. The zero-order valence-corrected chi connectivity index (χ0v) is 16.6. The SMILES string of the molecule is CCCCC(=O)Nc1ccc(N2CCC(c3ccccc3C)C2)cc1C(=O)O. The van der Waals surface area contributed by atoms with E-state index in [0.717, 1.165) is 38.0 Å². The van der Waals surface area contributed by atoms with Gasteiger partial charge in [-0.15, -0.1) is 0 Å². The Balaban J connectivity index is 1.76. The van der Waals surface area contributed by atoms with Crippen LogP contribution < -0.4 is 10.2 Å². The molecule has 0 bridgehead atoms. The molecule has 1 aliphatic heterocycles. The fraction of sp³-hybridized carbons (Fsp3) is 0.391. The van der Waals surface area contributed by atoms with Gasteiger partial charge in [-0.05, 0) is 49.1 Å². The minimum Gasteiger partial charge on any atom is -0.478 e. The second-order valence-corrected chi connectivity index (χ2v) is 7.47. The van der Waals surface area contributed by atoms with Crippen LogP contribution in [0.4, 0.5) is 11.4 Å². The Bertz CT molecular complexity index is 863. The van der Waals surface area contributed by atoms with Crippen molar-refractivity contribution in [2.45, 2.75) is 45.4 Å². The maximum absolute atomic E-state index is 12.0. The van der Waals surface area contributed by atoms with Crippen molar-refractivity contribution in [1.82, 2.24) is 0 Å². The highest BCUT2D eigenvalue weighted by Crippen LogP contribution is 2.33. The number of nitrogens with zero attached hydrogens (tertiary/aromatic N) is 1. The van der Waals surface area contributed by atoms with Gasteiger partial charge in [-0.1, -0.05) is 37.6 Å². The van der Waals surface area contributed by atoms with Gasteiger partial charge in [0, 0.05) is 31.1 Å². The Morgan fingerprint density at radius 3 is 2.71 bits per heavy atom. The molecular formula is C23H28N2O3. The lowest BCUT2D eigenvalue weighted by Crippen LogP contribution is -2.20. The summed E-state index contributed by atoms with van der Waals surface area (Å²) in [7, 11) is 0. The Labute approximate surface area is 166 Å². The third-order valence-electron chi connectivity index (χ3n) is 5.45. The van der Waals surface area contributed by atoms with E-state index < -0.39 is 5.97 Å². The molecule has 1 heterocycles. The van der Waals surface area contributed by atoms with Gasteiger partial charge < -0.3 is 15.3 Å². The van der Waals surface area contributed by atoms with Gasteiger partial charge in [0.1, 0.15) is 0 Å². The molecule has 0 radical (unpaired) electrons. The number of unbranched alkanes of at least 4 members (excludes halogenated alkanes) is 1. The van der Waals surface area contributed by atoms with Crippen LogP contribution in [0.5, 0.6) is 0 Å². The summed E-state index contributed by atoms with van der Waals surface area (Å²) in [6.07, 6.45) is 3.17. The molecule has 1 saturated heterocycles. The minimum atomic E-state index is -1.03. The van der Waals surface area contributed by atoms with Crippen LogP contribution in [0.3, 0.4) is 0 Å². The molecule has 3 rings (SSSR count). The number of rotatable bonds is 7. The number of carboxylic acids is 1. The molecule has 5 nitrogen and oxygen atoms in total. The van der Waals surface area contributed by atoms with Gasteiger partial charge in [0.2, 0.25) is 5.91 Å². The van der Waals surface area contributed by atoms with Gasteiger partial charge in [-0.3, -0.25) is 4.79 Å². The van der Waals surface area contributed by atoms with E-state index in [2.05, 4.69) is 41.4 Å². The molecule has 0 spiro atoms. The van der Waals surface area contributed by atoms with Crippen LogP contribution in [0.25, 0.3) is 0 Å². The van der Waals surface area contributed by atoms with Gasteiger partial charge in [0.25, 0.3) is 0 Å². The van der Waals surface area contributed by atoms with Crippen molar-refractivity contribution in [3.63, 3.8) is 0 Å². The fourth-order valence-corrected chi connectivity index (χ4v) is 3.86. The second kappa shape index (κ2) is 8.91. The zero-order valence-electron chi connectivity index (χ0n) is 16.6. The molecular weight excluding hydrogens is 352 g/mol. The minimum absolute atomic E-state index is 0.140. The molecule has 1 unspecified atom stereocenters. The average Bonchev–Trinajstić information content (AvgIpc) is 3.16. The van der Waals surface area contributed by atoms with E-state index in [4.69, 9.17) is 0 Å². The Kier molecular flexibility index (Phi) is 6.34. The lowest BCUT2D eigenvalue weighted by molar-refractivity contribution is -0.116. The van der Waals surface area contributed by atoms with Gasteiger partial charge in [0.15, 0.2) is 0 Å². The average molecular weight is 380 g/mol. The number of nitrogens with one attached hydrogen (secondary N) is 1. The Morgan fingerprint density at radius 1 is 1.21 bits per heavy atom. The van der Waals surface area contributed by atoms with Crippen LogP contribution in [0, 0.1) is 6.92 Å². The maximum atomic E-state index is 12.0. The molecule has 2 N–H and O–H groups in total. The lowest BCUT2D eigenvalue weighted by Gasteiger charge is -2.21. The number of aromatic carboxylic acids is 1. The molecule has 5 heteroatoms. The van der Waals surface area contributed by atoms with E-state index >= 15 is 0 Å². The van der Waals surface area contributed by atoms with Crippen molar-refractivity contribution in [2.24, 2.45) is 0 Å². The smallest absolute Gasteiger partial charge is 0.337 e. The highest BCUT2D eigenvalue weighted by atomic mass is 16.4. The summed E-state index contributed by atoms with van der Waals surface area (Å²) in [5.74, 6) is -0.719. The first-order chi connectivity index (χ1) is 13.5. The predicted molar refractivity (Wildman–Crippen MR) is 112 cm³/mol. The number of carbonyl (C=O) groups excluding carboxylic acids is 1. The number of carbonyl (C=O) groups is 2. The topological polar surface area (TPSA) is 69.6 Å². The number of carboxylic acid groups (broad SMARTS) is 1. The summed E-state index contributed by atoms with van der Waals surface area (Å²) in [4.78, 5) is 26.0. The molecule has 148 valence electrons. The van der Waals surface area contributed by atoms with Crippen LogP contribution in [0.1, 0.15) is 60.0 Å². The molecule has 2 aromatic carbocycles. The first kappa shape index (κ1) is 19.9. The summed E-state index contributed by atoms with van der Waals surface area (Å²) < 4.78 is 0. The summed E-state index contributed by atoms with van der Waals surface area (Å²) in [5.41, 5.74) is 4.06. The van der Waals surface area contributed by atoms with Gasteiger partial charge in [-0.25, -0.2) is 4.79 Å². The quantitative estimate of drug-likeness (QED) is 0.723. The number of anilines is 2. The zero-order chi connectivity index (χ0) is 20.1. The monoisotopic (exact) mass is 380 g/mol. The molecule has 1 amide bonds. The molecule has 1 aliphatic rings. The van der Waals surface area contributed by atoms with Crippen molar-refractivity contribution < 1.29 is 14.7 Å². The second-order valence-electron chi connectivity index (χ2n) is 7.47. The van der Waals surface area contributed by atoms with E-state index in [-0.39, 0.29) is 11.5 Å². The van der Waals surface area contributed by atoms with E-state index in [0.29, 0.717) is 18.0 Å². The number of aryl methyl sites for hydroxylation is 1. The van der Waals surface area contributed by atoms with Crippen molar-refractivity contribution in [1.29, 1.82) is 0 Å². The van der Waals surface area contributed by atoms with E-state index in [9.17, 15) is 14.7 Å². The summed E-state index contributed by atoms with van der Waals surface area (Å²) in [6, 6.07) is 13.7. The van der Waals surface area contributed by atoms with Crippen LogP contribution >= 0.6 is 0 Å². The van der Waals surface area contributed by atoms with Crippen LogP contribution in [-0.2, 0) is 4.79 Å². The molecule has 1 fully saturated rings. The van der Waals surface area contributed by atoms with E-state index in [1.54, 1.807) is 12.1 Å². The first-order valence-electron chi connectivity index (χ1n) is 9.97. The molecule has 0 saturated carbocycles. The van der Waals surface area contributed by atoms with Gasteiger partial charge >= 0.3 is 5.97 Å². The largest absolute Gasteiger partial charge is 0.478 e. The first-order valence-corrected chi connectivity index (χ1v) is 9.97. The predicted octanol–water partition coefficient (Wildman–Crippen LogP) is 4.82. The Hall–Kier alpha value is -2.82. The van der Waals surface area contributed by atoms with Crippen molar-refractivity contribution >= 4 is 23.3 Å². The van der Waals surface area contributed by atoms with Crippen LogP contribution in [0.15, 0.2) is 42.5 Å². The Morgan fingerprint density at radius 2 is 2.00 bits per heavy atom. The number of amides is 1. The summed E-state index contributed by atoms with van der Waals surface area (Å²) >= 11 is 0. The molecule has 1 atom stereocenters. The van der Waals surface area contributed by atoms with Gasteiger partial charge in [0.05, 0.1) is 11.3 Å². The lowest BCUT2D eigenvalue weighted by atomic mass is 9.94. The highest BCUT2D eigenvalue weighted by molar-refractivity contribution is 6.01. The van der Waals surface area contributed by atoms with Crippen molar-refractivity contribution in [3.8, 4) is 0 Å². The number of benzene rings is 2. The molecule has 0 aromatic heterocycles. The van der Waals surface area contributed by atoms with Crippen LogP contribution in [0.2, 0.25) is 0 Å². The number of hydrogen-bond donors (Lipinski definition) is 2. The molecule has 28 heavy (non-hydrogen) atoms. The van der Waals surface area contributed by atoms with E-state index in [1.165, 1.54) is 11.1 Å². The van der Waals surface area contributed by atoms with Gasteiger partial charge in [-0.2, -0.15) is 0 Å². The molecule has 0 aliphatic carbocycles.